The van der Waals surface area contributed by atoms with Crippen molar-refractivity contribution in [3.63, 3.8) is 0 Å². The maximum atomic E-state index is 11.3. The molecule has 4 aromatic rings. The van der Waals surface area contributed by atoms with Gasteiger partial charge in [-0.2, -0.15) is 5.26 Å². The number of aliphatic hydroxyl groups excluding tert-OH is 1. The van der Waals surface area contributed by atoms with Crippen LogP contribution in [0.15, 0.2) is 78.9 Å². The summed E-state index contributed by atoms with van der Waals surface area (Å²) in [7, 11) is 0. The van der Waals surface area contributed by atoms with Crippen molar-refractivity contribution in [1.82, 2.24) is 0 Å². The van der Waals surface area contributed by atoms with Crippen molar-refractivity contribution < 1.29 is 19.7 Å². The second kappa shape index (κ2) is 12.1. The summed E-state index contributed by atoms with van der Waals surface area (Å²) in [6, 6.07) is 26.2. The zero-order valence-electron chi connectivity index (χ0n) is 21.3. The van der Waals surface area contributed by atoms with E-state index in [2.05, 4.69) is 12.1 Å². The standard InChI is InChI=1S/C31H30N2O4.ClH/c1-31(2,33)29(34)27-18-22-8-4-3-7-20(22)15-24(27)11-6-14-37-28-13-12-23(17-26(28)19-32)21-9-5-10-25(16-21)30(35)36;/h3-5,7-10,12-13,15-18,29,34H,6,11,14,33H2,1-2H3,(H,35,36);1H/t29-;/m1./s1. The zero-order chi connectivity index (χ0) is 26.6. The van der Waals surface area contributed by atoms with Crippen molar-refractivity contribution in [3.8, 4) is 22.9 Å². The summed E-state index contributed by atoms with van der Waals surface area (Å²) >= 11 is 0. The molecule has 6 nitrogen and oxygen atoms in total. The monoisotopic (exact) mass is 530 g/mol. The van der Waals surface area contributed by atoms with Gasteiger partial charge in [-0.15, -0.1) is 12.4 Å². The normalized spacial score (nSPS) is 11.9. The van der Waals surface area contributed by atoms with E-state index in [1.165, 1.54) is 6.07 Å². The third-order valence-electron chi connectivity index (χ3n) is 6.40. The molecular weight excluding hydrogens is 500 g/mol. The van der Waals surface area contributed by atoms with Crippen LogP contribution in [0.25, 0.3) is 21.9 Å². The van der Waals surface area contributed by atoms with Gasteiger partial charge in [0.1, 0.15) is 11.8 Å². The summed E-state index contributed by atoms with van der Waals surface area (Å²) in [5.74, 6) is -0.526. The Hall–Kier alpha value is -3.89. The van der Waals surface area contributed by atoms with E-state index in [1.807, 2.05) is 56.3 Å². The van der Waals surface area contributed by atoms with E-state index in [4.69, 9.17) is 10.5 Å². The number of hydrogen-bond acceptors (Lipinski definition) is 5. The average molecular weight is 531 g/mol. The lowest BCUT2D eigenvalue weighted by atomic mass is 9.86. The summed E-state index contributed by atoms with van der Waals surface area (Å²) in [6.45, 7) is 4.01. The number of rotatable bonds is 9. The van der Waals surface area contributed by atoms with Gasteiger partial charge in [-0.25, -0.2) is 4.79 Å². The third-order valence-corrected chi connectivity index (χ3v) is 6.40. The van der Waals surface area contributed by atoms with Crippen molar-refractivity contribution in [2.24, 2.45) is 5.73 Å². The summed E-state index contributed by atoms with van der Waals surface area (Å²) in [6.07, 6.45) is 0.538. The molecule has 0 heterocycles. The average Bonchev–Trinajstić information content (AvgIpc) is 2.89. The van der Waals surface area contributed by atoms with E-state index < -0.39 is 17.6 Å². The molecule has 7 heteroatoms. The predicted molar refractivity (Wildman–Crippen MR) is 152 cm³/mol. The quantitative estimate of drug-likeness (QED) is 0.219. The number of aliphatic hydroxyl groups is 1. The number of nitriles is 1. The van der Waals surface area contributed by atoms with Crippen LogP contribution in [-0.4, -0.2) is 28.3 Å². The van der Waals surface area contributed by atoms with E-state index >= 15 is 0 Å². The molecule has 0 radical (unpaired) electrons. The summed E-state index contributed by atoms with van der Waals surface area (Å²) in [5, 5.41) is 32.0. The molecule has 0 saturated carbocycles. The van der Waals surface area contributed by atoms with Gasteiger partial charge in [0, 0.05) is 5.54 Å². The number of fused-ring (bicyclic) bond motifs is 1. The number of aromatic carboxylic acids is 1. The molecule has 0 aromatic heterocycles. The van der Waals surface area contributed by atoms with Crippen molar-refractivity contribution in [2.45, 2.75) is 38.3 Å². The van der Waals surface area contributed by atoms with Gasteiger partial charge in [-0.3, -0.25) is 0 Å². The maximum absolute atomic E-state index is 11.3. The van der Waals surface area contributed by atoms with Crippen LogP contribution in [0.4, 0.5) is 0 Å². The molecule has 0 aliphatic heterocycles. The van der Waals surface area contributed by atoms with Gasteiger partial charge in [0.2, 0.25) is 0 Å². The van der Waals surface area contributed by atoms with E-state index in [9.17, 15) is 20.3 Å². The molecule has 0 spiro atoms. The molecule has 1 atom stereocenters. The molecule has 0 amide bonds. The number of hydrogen-bond donors (Lipinski definition) is 3. The lowest BCUT2D eigenvalue weighted by Gasteiger charge is -2.28. The highest BCUT2D eigenvalue weighted by atomic mass is 35.5. The summed E-state index contributed by atoms with van der Waals surface area (Å²) in [4.78, 5) is 11.3. The molecular formula is C31H31ClN2O4. The van der Waals surface area contributed by atoms with Gasteiger partial charge >= 0.3 is 5.97 Å². The maximum Gasteiger partial charge on any atom is 0.335 e. The number of benzene rings is 4. The minimum Gasteiger partial charge on any atom is -0.492 e. The molecule has 0 saturated heterocycles. The van der Waals surface area contributed by atoms with E-state index in [1.54, 1.807) is 24.3 Å². The first kappa shape index (κ1) is 28.7. The SMILES string of the molecule is CC(C)(N)[C@H](O)c1cc2ccccc2cc1CCCOc1ccc(-c2cccc(C(=O)O)c2)cc1C#N.Cl. The Morgan fingerprint density at radius 2 is 1.68 bits per heavy atom. The first-order chi connectivity index (χ1) is 17.7. The Labute approximate surface area is 228 Å². The second-order valence-electron chi connectivity index (χ2n) is 9.78. The fraction of sp³-hybridized carbons (Fsp3) is 0.226. The van der Waals surface area contributed by atoms with Crippen molar-refractivity contribution in [2.75, 3.05) is 6.61 Å². The van der Waals surface area contributed by atoms with Crippen molar-refractivity contribution in [1.29, 1.82) is 5.26 Å². The number of carboxylic acids is 1. The highest BCUT2D eigenvalue weighted by molar-refractivity contribution is 5.89. The van der Waals surface area contributed by atoms with E-state index in [0.29, 0.717) is 36.3 Å². The molecule has 0 aliphatic rings. The fourth-order valence-corrected chi connectivity index (χ4v) is 4.38. The third kappa shape index (κ3) is 6.51. The lowest BCUT2D eigenvalue weighted by Crippen LogP contribution is -2.39. The Balaban J connectivity index is 0.00000400. The van der Waals surface area contributed by atoms with Crippen LogP contribution >= 0.6 is 12.4 Å². The highest BCUT2D eigenvalue weighted by Crippen LogP contribution is 2.31. The second-order valence-corrected chi connectivity index (χ2v) is 9.78. The van der Waals surface area contributed by atoms with Gasteiger partial charge < -0.3 is 20.7 Å². The number of carbonyl (C=O) groups is 1. The zero-order valence-corrected chi connectivity index (χ0v) is 22.2. The lowest BCUT2D eigenvalue weighted by molar-refractivity contribution is 0.0697. The van der Waals surface area contributed by atoms with E-state index in [0.717, 1.165) is 27.5 Å². The Kier molecular flexibility index (Phi) is 9.13. The van der Waals surface area contributed by atoms with Crippen LogP contribution in [0.5, 0.6) is 5.75 Å². The molecule has 4 N–H and O–H groups in total. The smallest absolute Gasteiger partial charge is 0.335 e. The molecule has 4 rings (SSSR count). The van der Waals surface area contributed by atoms with Crippen LogP contribution in [0.3, 0.4) is 0 Å². The van der Waals surface area contributed by atoms with Crippen molar-refractivity contribution >= 4 is 29.1 Å². The number of halogens is 1. The molecule has 4 aromatic carbocycles. The van der Waals surface area contributed by atoms with Gasteiger partial charge in [0.05, 0.1) is 23.8 Å². The first-order valence-corrected chi connectivity index (χ1v) is 12.2. The number of carboxylic acid groups (broad SMARTS) is 1. The van der Waals surface area contributed by atoms with E-state index in [-0.39, 0.29) is 18.0 Å². The van der Waals surface area contributed by atoms with Gasteiger partial charge in [0.25, 0.3) is 0 Å². The van der Waals surface area contributed by atoms with Crippen LogP contribution in [0.2, 0.25) is 0 Å². The highest BCUT2D eigenvalue weighted by Gasteiger charge is 2.26. The molecule has 0 fully saturated rings. The van der Waals surface area contributed by atoms with Crippen LogP contribution < -0.4 is 10.5 Å². The molecule has 0 bridgehead atoms. The Morgan fingerprint density at radius 1 is 1.00 bits per heavy atom. The van der Waals surface area contributed by atoms with Crippen molar-refractivity contribution in [3.05, 3.63) is 101 Å². The Morgan fingerprint density at radius 3 is 2.34 bits per heavy atom. The minimum atomic E-state index is -1.00. The van der Waals surface area contributed by atoms with Gasteiger partial charge in [-0.1, -0.05) is 48.5 Å². The molecule has 0 aliphatic carbocycles. The van der Waals surface area contributed by atoms with Gasteiger partial charge in [0.15, 0.2) is 0 Å². The van der Waals surface area contributed by atoms with Crippen LogP contribution in [0, 0.1) is 11.3 Å². The topological polar surface area (TPSA) is 117 Å². The van der Waals surface area contributed by atoms with Crippen LogP contribution in [0.1, 0.15) is 53.4 Å². The first-order valence-electron chi connectivity index (χ1n) is 12.2. The predicted octanol–water partition coefficient (Wildman–Crippen LogP) is 6.28. The summed E-state index contributed by atoms with van der Waals surface area (Å²) in [5.41, 5.74) is 9.30. The number of ether oxygens (including phenoxy) is 1. The largest absolute Gasteiger partial charge is 0.492 e. The molecule has 0 unspecified atom stereocenters. The van der Waals surface area contributed by atoms with Crippen LogP contribution in [-0.2, 0) is 6.42 Å². The molecule has 38 heavy (non-hydrogen) atoms. The van der Waals surface area contributed by atoms with Gasteiger partial charge in [-0.05, 0) is 90.0 Å². The number of aryl methyl sites for hydroxylation is 1. The molecule has 196 valence electrons. The number of nitrogens with two attached hydrogens (primary N) is 1. The fourth-order valence-electron chi connectivity index (χ4n) is 4.38. The Bertz CT molecular complexity index is 1490. The number of nitrogens with zero attached hydrogens (tertiary/aromatic N) is 1. The summed E-state index contributed by atoms with van der Waals surface area (Å²) < 4.78 is 5.95. The minimum absolute atomic E-state index is 0.